The molecule has 0 unspecified atom stereocenters. The molecule has 0 bridgehead atoms. The Balaban J connectivity index is 0.000000429. The van der Waals surface area contributed by atoms with Crippen LogP contribution in [0.4, 0.5) is 0 Å². The molecule has 3 aromatic rings. The molecule has 0 amide bonds. The smallest absolute Gasteiger partial charge is 0.117 e. The van der Waals surface area contributed by atoms with Crippen molar-refractivity contribution < 1.29 is 0 Å². The van der Waals surface area contributed by atoms with Crippen LogP contribution >= 0.6 is 0 Å². The van der Waals surface area contributed by atoms with Crippen LogP contribution in [0.2, 0.25) is 0 Å². The third kappa shape index (κ3) is 30.0. The molecule has 5 aliphatic rings. The fourth-order valence-electron chi connectivity index (χ4n) is 7.32. The highest BCUT2D eigenvalue weighted by Gasteiger charge is 2.20. The lowest BCUT2D eigenvalue weighted by atomic mass is 9.62. The topological polar surface area (TPSA) is 0 Å². The fraction of sp³-hybridized carbons (Fsp3) is 0.465. The van der Waals surface area contributed by atoms with Crippen molar-refractivity contribution in [2.45, 2.75) is 189 Å². The number of rotatable bonds is 0. The second kappa shape index (κ2) is 30.9. The van der Waals surface area contributed by atoms with Gasteiger partial charge in [-0.05, 0) is 72.0 Å². The minimum atomic E-state index is 0.293. The molecule has 4 heterocycles. The molecule has 0 saturated carbocycles. The summed E-state index contributed by atoms with van der Waals surface area (Å²) >= 11 is 0. The van der Waals surface area contributed by atoms with Crippen LogP contribution < -0.4 is 0 Å². The van der Waals surface area contributed by atoms with E-state index in [1.807, 2.05) is 0 Å². The van der Waals surface area contributed by atoms with Crippen LogP contribution in [0, 0.1) is 27.1 Å². The number of hydrogen-bond acceptors (Lipinski definition) is 0. The molecule has 1 aliphatic carbocycles. The summed E-state index contributed by atoms with van der Waals surface area (Å²) in [7, 11) is 8.58. The molecule has 4 aliphatic heterocycles. The van der Waals surface area contributed by atoms with E-state index >= 15 is 0 Å². The van der Waals surface area contributed by atoms with E-state index in [-0.39, 0.29) is 0 Å². The Labute approximate surface area is 468 Å². The minimum Gasteiger partial charge on any atom is -0.117 e. The summed E-state index contributed by atoms with van der Waals surface area (Å²) in [4.78, 5) is 0. The van der Waals surface area contributed by atoms with Gasteiger partial charge < -0.3 is 0 Å². The Hall–Kier alpha value is -4.68. The average Bonchev–Trinajstić information content (AvgIpc) is 4.16. The highest BCUT2D eigenvalue weighted by atomic mass is 14.2. The summed E-state index contributed by atoms with van der Waals surface area (Å²) in [5.41, 5.74) is 13.9. The first-order valence-electron chi connectivity index (χ1n) is 27.8. The quantitative estimate of drug-likeness (QED) is 0.197. The summed E-state index contributed by atoms with van der Waals surface area (Å²) in [6.07, 6.45) is 22.8. The zero-order chi connectivity index (χ0) is 57.4. The predicted octanol–water partition coefficient (Wildman–Crippen LogP) is 20.5. The molecule has 400 valence electrons. The molecule has 75 heavy (non-hydrogen) atoms. The number of benzene rings is 3. The molecule has 0 saturated heterocycles. The van der Waals surface area contributed by atoms with Gasteiger partial charge in [-0.1, -0.05) is 340 Å². The molecule has 8 rings (SSSR count). The monoisotopic (exact) mass is 1000 g/mol. The van der Waals surface area contributed by atoms with Crippen molar-refractivity contribution in [2.75, 3.05) is 0 Å². The van der Waals surface area contributed by atoms with Crippen LogP contribution in [-0.2, 0) is 16.2 Å². The van der Waals surface area contributed by atoms with Gasteiger partial charge in [-0.15, -0.1) is 29.9 Å². The summed E-state index contributed by atoms with van der Waals surface area (Å²) in [5, 5.41) is 0. The highest BCUT2D eigenvalue weighted by Crippen LogP contribution is 2.31. The Morgan fingerprint density at radius 1 is 0.307 bits per heavy atom. The lowest BCUT2D eigenvalue weighted by Gasteiger charge is -2.19. The van der Waals surface area contributed by atoms with Crippen LogP contribution in [0.5, 0.6) is 0 Å². The predicted molar refractivity (Wildman–Crippen MR) is 346 cm³/mol. The van der Waals surface area contributed by atoms with Gasteiger partial charge in [0.15, 0.2) is 29.1 Å². The van der Waals surface area contributed by atoms with E-state index in [2.05, 4.69) is 377 Å². The molecular formula is C71H104B4. The van der Waals surface area contributed by atoms with Crippen LogP contribution in [0.15, 0.2) is 209 Å². The molecular weight excluding hydrogens is 896 g/mol. The van der Waals surface area contributed by atoms with E-state index in [1.165, 1.54) is 44.3 Å². The lowest BCUT2D eigenvalue weighted by molar-refractivity contribution is 0.518. The zero-order valence-corrected chi connectivity index (χ0v) is 52.3. The van der Waals surface area contributed by atoms with Gasteiger partial charge in [0.1, 0.15) is 0 Å². The van der Waals surface area contributed by atoms with E-state index in [9.17, 15) is 0 Å². The first kappa shape index (κ1) is 68.3. The van der Waals surface area contributed by atoms with Crippen LogP contribution in [0.1, 0.15) is 189 Å². The van der Waals surface area contributed by atoms with E-state index in [4.69, 9.17) is 0 Å². The lowest BCUT2D eigenvalue weighted by Crippen LogP contribution is -2.11. The Morgan fingerprint density at radius 2 is 0.600 bits per heavy atom. The van der Waals surface area contributed by atoms with Crippen molar-refractivity contribution in [1.82, 2.24) is 0 Å². The molecule has 0 aromatic heterocycles. The van der Waals surface area contributed by atoms with Gasteiger partial charge in [-0.2, -0.15) is 0 Å². The van der Waals surface area contributed by atoms with E-state index in [1.54, 1.807) is 0 Å². The first-order chi connectivity index (χ1) is 34.3. The molecule has 0 nitrogen and oxygen atoms in total. The van der Waals surface area contributed by atoms with Crippen molar-refractivity contribution >= 4 is 29.1 Å². The highest BCUT2D eigenvalue weighted by molar-refractivity contribution is 6.53. The molecule has 0 atom stereocenters. The zero-order valence-electron chi connectivity index (χ0n) is 52.3. The Bertz CT molecular complexity index is 2150. The minimum absolute atomic E-state index is 0.293. The second-order valence-corrected chi connectivity index (χ2v) is 28.1. The Morgan fingerprint density at radius 3 is 0.720 bits per heavy atom. The molecule has 0 fully saturated rings. The van der Waals surface area contributed by atoms with Crippen molar-refractivity contribution in [3.63, 3.8) is 0 Å². The third-order valence-corrected chi connectivity index (χ3v) is 12.7. The summed E-state index contributed by atoms with van der Waals surface area (Å²) in [6, 6.07) is 31.7. The van der Waals surface area contributed by atoms with Crippen LogP contribution in [-0.4, -0.2) is 29.1 Å². The van der Waals surface area contributed by atoms with E-state index in [0.717, 1.165) is 6.42 Å². The normalized spacial score (nSPS) is 15.2. The third-order valence-electron chi connectivity index (χ3n) is 12.7. The molecule has 4 radical (unpaired) electrons. The van der Waals surface area contributed by atoms with Crippen molar-refractivity contribution in [3.8, 4) is 0 Å². The fourth-order valence-corrected chi connectivity index (χ4v) is 7.32. The number of allylic oxidation sites excluding steroid dienone is 15. The van der Waals surface area contributed by atoms with Crippen LogP contribution in [0.3, 0.4) is 0 Å². The summed E-state index contributed by atoms with van der Waals surface area (Å²) < 4.78 is 0. The van der Waals surface area contributed by atoms with Gasteiger partial charge in [0, 0.05) is 0 Å². The molecule has 4 heteroatoms. The second-order valence-electron chi connectivity index (χ2n) is 28.1. The largest absolute Gasteiger partial charge is 0.176 e. The average molecular weight is 1000 g/mol. The maximum atomic E-state index is 2.29. The van der Waals surface area contributed by atoms with Gasteiger partial charge in [-0.25, -0.2) is 0 Å². The van der Waals surface area contributed by atoms with E-state index < -0.39 is 0 Å². The van der Waals surface area contributed by atoms with Gasteiger partial charge >= 0.3 is 0 Å². The van der Waals surface area contributed by atoms with Crippen molar-refractivity contribution in [3.05, 3.63) is 226 Å². The SMILES string of the molecule is CC(C)(C)C1=CC=C[B]1.CC(C)(C)C1=CC=C[B]1.CC(C)(C)C1=CC=C[B]1.CC(C)(C)C1=CCC=C1.CC(C)(C)C1=C[B]C=C1.CC(C)(C)c1ccccc1.CC(C)(C)c1ccccc1.CC(C)(C)c1ccccc1. The Kier molecular flexibility index (Phi) is 28.2. The molecule has 0 spiro atoms. The summed E-state index contributed by atoms with van der Waals surface area (Å²) in [6.45, 7) is 53.4. The van der Waals surface area contributed by atoms with Gasteiger partial charge in [-0.3, -0.25) is 0 Å². The summed E-state index contributed by atoms with van der Waals surface area (Å²) in [5.74, 6) is 10.5. The van der Waals surface area contributed by atoms with Crippen molar-refractivity contribution in [2.24, 2.45) is 27.1 Å². The van der Waals surface area contributed by atoms with E-state index in [0.29, 0.717) is 43.3 Å². The maximum Gasteiger partial charge on any atom is 0.176 e. The molecule has 0 N–H and O–H groups in total. The molecule has 3 aromatic carbocycles. The maximum absolute atomic E-state index is 2.29. The standard InChI is InChI=1S/3C10H14.C9H14.4C8H12B/c3*1-10(2,3)9-7-5-4-6-8-9;1-9(2,3)8-6-4-5-7-8;1-8(2,3)7-4-5-9-6-7;3*1-8(2,3)7-5-4-6-9-7/h3*4-8H,1-3H3;4,6-7H,5H2,1-3H3;4*4-6H,1-3H3. The van der Waals surface area contributed by atoms with Gasteiger partial charge in [0.2, 0.25) is 0 Å². The number of hydrogen-bond donors (Lipinski definition) is 0. The first-order valence-corrected chi connectivity index (χ1v) is 27.8. The van der Waals surface area contributed by atoms with Crippen LogP contribution in [0.25, 0.3) is 0 Å². The van der Waals surface area contributed by atoms with Gasteiger partial charge in [0.05, 0.1) is 0 Å². The van der Waals surface area contributed by atoms with Gasteiger partial charge in [0.25, 0.3) is 0 Å². The van der Waals surface area contributed by atoms with Crippen molar-refractivity contribution in [1.29, 1.82) is 0 Å².